The summed E-state index contributed by atoms with van der Waals surface area (Å²) in [5, 5.41) is 11.6. The highest BCUT2D eigenvalue weighted by atomic mass is 16.5. The molecule has 1 atom stereocenters. The first-order chi connectivity index (χ1) is 14.5. The Labute approximate surface area is 176 Å². The largest absolute Gasteiger partial charge is 0.370 e. The van der Waals surface area contributed by atoms with E-state index in [9.17, 15) is 9.59 Å². The van der Waals surface area contributed by atoms with Crippen LogP contribution in [0.4, 0.5) is 5.82 Å². The van der Waals surface area contributed by atoms with Gasteiger partial charge in [0.1, 0.15) is 6.61 Å². The van der Waals surface area contributed by atoms with Gasteiger partial charge in [-0.2, -0.15) is 5.10 Å². The average Bonchev–Trinajstić information content (AvgIpc) is 3.45. The number of H-pyrrole nitrogens is 1. The average molecular weight is 415 g/mol. The summed E-state index contributed by atoms with van der Waals surface area (Å²) >= 11 is 0. The number of nitrogens with one attached hydrogen (secondary N) is 2. The highest BCUT2D eigenvalue weighted by Crippen LogP contribution is 2.32. The van der Waals surface area contributed by atoms with E-state index < -0.39 is 0 Å². The molecule has 2 amide bonds. The number of aromatic nitrogens is 3. The summed E-state index contributed by atoms with van der Waals surface area (Å²) in [6.45, 7) is 6.61. The van der Waals surface area contributed by atoms with Gasteiger partial charge in [-0.1, -0.05) is 0 Å². The summed E-state index contributed by atoms with van der Waals surface area (Å²) in [7, 11) is 0. The summed E-state index contributed by atoms with van der Waals surface area (Å²) < 4.78 is 5.58. The number of carbonyl (C=O) groups is 2. The van der Waals surface area contributed by atoms with Gasteiger partial charge in [0, 0.05) is 32.1 Å². The number of nitrogens with zero attached hydrogens (tertiary/aromatic N) is 4. The van der Waals surface area contributed by atoms with Crippen LogP contribution in [0, 0.1) is 0 Å². The number of amides is 2. The first-order valence-corrected chi connectivity index (χ1v) is 10.8. The smallest absolute Gasteiger partial charge is 0.249 e. The monoisotopic (exact) mass is 414 g/mol. The first kappa shape index (κ1) is 20.6. The summed E-state index contributed by atoms with van der Waals surface area (Å²) in [4.78, 5) is 32.8. The van der Waals surface area contributed by atoms with Crippen LogP contribution in [0.2, 0.25) is 0 Å². The standard InChI is InChI=1S/C21H30N6O3/c1-14(2)22-20-15-7-8-16(23-21(15)25-24-20)17-5-3-10-27(17)19(29)13-30-12-11-26-9-4-6-18(26)28/h7-8,14,17H,3-6,9-13H2,1-2H3,(H2,22,23,24,25)/t17-/m1/s1. The third-order valence-electron chi connectivity index (χ3n) is 5.69. The summed E-state index contributed by atoms with van der Waals surface area (Å²) in [6.07, 6.45) is 3.37. The molecule has 9 nitrogen and oxygen atoms in total. The maximum absolute atomic E-state index is 12.7. The number of carbonyl (C=O) groups excluding carboxylic acids is 2. The number of aromatic amines is 1. The molecule has 2 fully saturated rings. The molecule has 0 radical (unpaired) electrons. The Hall–Kier alpha value is -2.68. The molecule has 2 aromatic heterocycles. The van der Waals surface area contributed by atoms with Crippen molar-refractivity contribution < 1.29 is 14.3 Å². The summed E-state index contributed by atoms with van der Waals surface area (Å²) in [5.41, 5.74) is 1.59. The van der Waals surface area contributed by atoms with Crippen LogP contribution in [-0.2, 0) is 14.3 Å². The van der Waals surface area contributed by atoms with Crippen molar-refractivity contribution in [1.82, 2.24) is 25.0 Å². The van der Waals surface area contributed by atoms with Crippen molar-refractivity contribution in [2.75, 3.05) is 38.2 Å². The van der Waals surface area contributed by atoms with E-state index in [1.165, 1.54) is 0 Å². The Morgan fingerprint density at radius 3 is 2.97 bits per heavy atom. The quantitative estimate of drug-likeness (QED) is 0.641. The molecule has 2 aliphatic rings. The number of hydrogen-bond acceptors (Lipinski definition) is 6. The highest BCUT2D eigenvalue weighted by Gasteiger charge is 2.31. The van der Waals surface area contributed by atoms with Gasteiger partial charge in [0.2, 0.25) is 11.8 Å². The number of hydrogen-bond donors (Lipinski definition) is 2. The molecule has 0 bridgehead atoms. The summed E-state index contributed by atoms with van der Waals surface area (Å²) in [5.74, 6) is 0.943. The van der Waals surface area contributed by atoms with Gasteiger partial charge >= 0.3 is 0 Å². The van der Waals surface area contributed by atoms with E-state index >= 15 is 0 Å². The van der Waals surface area contributed by atoms with Crippen LogP contribution in [0.25, 0.3) is 11.0 Å². The Balaban J connectivity index is 1.35. The lowest BCUT2D eigenvalue weighted by Crippen LogP contribution is -2.35. The number of pyridine rings is 1. The molecule has 4 heterocycles. The molecule has 0 saturated carbocycles. The predicted octanol–water partition coefficient (Wildman–Crippen LogP) is 2.08. The molecule has 0 spiro atoms. The molecule has 0 aromatic carbocycles. The summed E-state index contributed by atoms with van der Waals surface area (Å²) in [6, 6.07) is 4.23. The van der Waals surface area contributed by atoms with Crippen LogP contribution in [0.1, 0.15) is 51.3 Å². The van der Waals surface area contributed by atoms with E-state index in [2.05, 4.69) is 29.4 Å². The number of likely N-dealkylation sites (tertiary alicyclic amines) is 2. The maximum atomic E-state index is 12.7. The minimum absolute atomic E-state index is 0.0288. The Morgan fingerprint density at radius 2 is 2.20 bits per heavy atom. The van der Waals surface area contributed by atoms with Gasteiger partial charge in [0.05, 0.1) is 23.7 Å². The molecule has 2 saturated heterocycles. The molecule has 162 valence electrons. The SMILES string of the molecule is CC(C)Nc1n[nH]c2nc([C@H]3CCCN3C(=O)COCCN3CCCC3=O)ccc12. The molecular weight excluding hydrogens is 384 g/mol. The predicted molar refractivity (Wildman–Crippen MR) is 113 cm³/mol. The Kier molecular flexibility index (Phi) is 6.17. The fourth-order valence-corrected chi connectivity index (χ4v) is 4.22. The van der Waals surface area contributed by atoms with Crippen molar-refractivity contribution in [1.29, 1.82) is 0 Å². The molecule has 9 heteroatoms. The van der Waals surface area contributed by atoms with E-state index in [1.54, 1.807) is 4.90 Å². The lowest BCUT2D eigenvalue weighted by atomic mass is 10.1. The van der Waals surface area contributed by atoms with Crippen LogP contribution >= 0.6 is 0 Å². The molecule has 30 heavy (non-hydrogen) atoms. The van der Waals surface area contributed by atoms with Crippen LogP contribution in [0.5, 0.6) is 0 Å². The molecule has 2 N–H and O–H groups in total. The van der Waals surface area contributed by atoms with Gasteiger partial charge in [-0.3, -0.25) is 14.7 Å². The molecular formula is C21H30N6O3. The van der Waals surface area contributed by atoms with E-state index in [0.29, 0.717) is 26.1 Å². The topological polar surface area (TPSA) is 103 Å². The van der Waals surface area contributed by atoms with Crippen molar-refractivity contribution in [2.45, 2.75) is 51.6 Å². The van der Waals surface area contributed by atoms with Crippen molar-refractivity contribution in [2.24, 2.45) is 0 Å². The fraction of sp³-hybridized carbons (Fsp3) is 0.619. The molecule has 4 rings (SSSR count). The van der Waals surface area contributed by atoms with E-state index in [4.69, 9.17) is 9.72 Å². The third-order valence-corrected chi connectivity index (χ3v) is 5.69. The molecule has 0 aliphatic carbocycles. The van der Waals surface area contributed by atoms with Gasteiger partial charge in [-0.15, -0.1) is 0 Å². The van der Waals surface area contributed by atoms with Gasteiger partial charge in [0.25, 0.3) is 0 Å². The van der Waals surface area contributed by atoms with Gasteiger partial charge < -0.3 is 19.9 Å². The van der Waals surface area contributed by atoms with Gasteiger partial charge in [0.15, 0.2) is 11.5 Å². The van der Waals surface area contributed by atoms with E-state index in [0.717, 1.165) is 48.4 Å². The van der Waals surface area contributed by atoms with Crippen LogP contribution in [0.3, 0.4) is 0 Å². The van der Waals surface area contributed by atoms with E-state index in [1.807, 2.05) is 17.0 Å². The zero-order valence-corrected chi connectivity index (χ0v) is 17.7. The van der Waals surface area contributed by atoms with Crippen LogP contribution in [-0.4, -0.2) is 75.7 Å². The minimum atomic E-state index is -0.0459. The Morgan fingerprint density at radius 1 is 1.33 bits per heavy atom. The lowest BCUT2D eigenvalue weighted by molar-refractivity contribution is -0.137. The second-order valence-electron chi connectivity index (χ2n) is 8.29. The molecule has 2 aromatic rings. The van der Waals surface area contributed by atoms with Crippen molar-refractivity contribution >= 4 is 28.7 Å². The zero-order valence-electron chi connectivity index (χ0n) is 17.7. The van der Waals surface area contributed by atoms with Crippen LogP contribution < -0.4 is 5.32 Å². The van der Waals surface area contributed by atoms with Crippen molar-refractivity contribution in [3.63, 3.8) is 0 Å². The van der Waals surface area contributed by atoms with Crippen molar-refractivity contribution in [3.05, 3.63) is 17.8 Å². The third kappa shape index (κ3) is 4.40. The number of rotatable bonds is 8. The van der Waals surface area contributed by atoms with Gasteiger partial charge in [-0.25, -0.2) is 4.98 Å². The Bertz CT molecular complexity index is 911. The second-order valence-corrected chi connectivity index (χ2v) is 8.29. The zero-order chi connectivity index (χ0) is 21.1. The normalized spacial score (nSPS) is 19.4. The lowest BCUT2D eigenvalue weighted by Gasteiger charge is -2.24. The number of fused-ring (bicyclic) bond motifs is 1. The fourth-order valence-electron chi connectivity index (χ4n) is 4.22. The maximum Gasteiger partial charge on any atom is 0.249 e. The van der Waals surface area contributed by atoms with E-state index in [-0.39, 0.29) is 30.5 Å². The second kappa shape index (κ2) is 8.99. The highest BCUT2D eigenvalue weighted by molar-refractivity contribution is 5.87. The molecule has 0 unspecified atom stereocenters. The minimum Gasteiger partial charge on any atom is -0.370 e. The number of anilines is 1. The van der Waals surface area contributed by atoms with Crippen molar-refractivity contribution in [3.8, 4) is 0 Å². The first-order valence-electron chi connectivity index (χ1n) is 10.8. The number of ether oxygens (including phenoxy) is 1. The van der Waals surface area contributed by atoms with Crippen LogP contribution in [0.15, 0.2) is 12.1 Å². The van der Waals surface area contributed by atoms with Gasteiger partial charge in [-0.05, 0) is 45.2 Å². The molecule has 2 aliphatic heterocycles.